The summed E-state index contributed by atoms with van der Waals surface area (Å²) in [6, 6.07) is 0.415. The molecule has 1 aromatic heterocycles. The molecule has 0 bridgehead atoms. The SMILES string of the molecule is CN=C(NCCc1csc(C)n1)NC(C)C(C)C. The van der Waals surface area contributed by atoms with E-state index in [2.05, 4.69) is 46.8 Å². The van der Waals surface area contributed by atoms with Gasteiger partial charge in [-0.3, -0.25) is 4.99 Å². The standard InChI is InChI=1S/C13H24N4S/c1-9(2)10(3)16-13(14-5)15-7-6-12-8-18-11(4)17-12/h8-10H,6-7H2,1-5H3,(H2,14,15,16). The van der Waals surface area contributed by atoms with Crippen molar-refractivity contribution < 1.29 is 0 Å². The van der Waals surface area contributed by atoms with E-state index in [0.717, 1.165) is 29.6 Å². The van der Waals surface area contributed by atoms with E-state index in [4.69, 9.17) is 0 Å². The average molecular weight is 268 g/mol. The highest BCUT2D eigenvalue weighted by molar-refractivity contribution is 7.09. The number of hydrogen-bond acceptors (Lipinski definition) is 3. The van der Waals surface area contributed by atoms with Crippen molar-refractivity contribution in [1.82, 2.24) is 15.6 Å². The highest BCUT2D eigenvalue weighted by atomic mass is 32.1. The van der Waals surface area contributed by atoms with Gasteiger partial charge in [-0.15, -0.1) is 11.3 Å². The van der Waals surface area contributed by atoms with Crippen molar-refractivity contribution in [3.05, 3.63) is 16.1 Å². The summed E-state index contributed by atoms with van der Waals surface area (Å²) in [6.07, 6.45) is 0.932. The maximum absolute atomic E-state index is 4.44. The van der Waals surface area contributed by atoms with Crippen LogP contribution in [0.4, 0.5) is 0 Å². The minimum Gasteiger partial charge on any atom is -0.356 e. The fourth-order valence-electron chi connectivity index (χ4n) is 1.41. The molecule has 0 saturated heterocycles. The molecule has 2 N–H and O–H groups in total. The number of rotatable bonds is 5. The summed E-state index contributed by atoms with van der Waals surface area (Å²) >= 11 is 1.70. The number of thiazole rings is 1. The number of aryl methyl sites for hydroxylation is 1. The number of aliphatic imine (C=N–C) groups is 1. The molecule has 0 fully saturated rings. The van der Waals surface area contributed by atoms with Gasteiger partial charge in [0.2, 0.25) is 0 Å². The molecule has 102 valence electrons. The second-order valence-electron chi connectivity index (χ2n) is 4.78. The van der Waals surface area contributed by atoms with Crippen molar-refractivity contribution in [2.75, 3.05) is 13.6 Å². The Kier molecular flexibility index (Phi) is 6.12. The van der Waals surface area contributed by atoms with Crippen LogP contribution in [0.5, 0.6) is 0 Å². The Morgan fingerprint density at radius 2 is 2.17 bits per heavy atom. The molecule has 0 aliphatic carbocycles. The van der Waals surface area contributed by atoms with Crippen LogP contribution in [0.25, 0.3) is 0 Å². The molecular formula is C13H24N4S. The average Bonchev–Trinajstić information content (AvgIpc) is 2.73. The van der Waals surface area contributed by atoms with E-state index < -0.39 is 0 Å². The smallest absolute Gasteiger partial charge is 0.191 e. The van der Waals surface area contributed by atoms with Crippen LogP contribution < -0.4 is 10.6 Å². The van der Waals surface area contributed by atoms with Gasteiger partial charge in [-0.2, -0.15) is 0 Å². The quantitative estimate of drug-likeness (QED) is 0.636. The van der Waals surface area contributed by atoms with Crippen molar-refractivity contribution in [3.63, 3.8) is 0 Å². The van der Waals surface area contributed by atoms with Crippen LogP contribution in [-0.2, 0) is 6.42 Å². The van der Waals surface area contributed by atoms with Crippen LogP contribution >= 0.6 is 11.3 Å². The summed E-state index contributed by atoms with van der Waals surface area (Å²) in [5.74, 6) is 1.45. The zero-order valence-corrected chi connectivity index (χ0v) is 12.8. The first-order valence-electron chi connectivity index (χ1n) is 6.41. The molecule has 18 heavy (non-hydrogen) atoms. The molecule has 4 nitrogen and oxygen atoms in total. The van der Waals surface area contributed by atoms with Crippen molar-refractivity contribution in [2.45, 2.75) is 40.2 Å². The summed E-state index contributed by atoms with van der Waals surface area (Å²) in [5, 5.41) is 9.94. The molecule has 1 atom stereocenters. The van der Waals surface area contributed by atoms with Gasteiger partial charge in [0.05, 0.1) is 10.7 Å². The lowest BCUT2D eigenvalue weighted by Crippen LogP contribution is -2.44. The van der Waals surface area contributed by atoms with E-state index in [9.17, 15) is 0 Å². The van der Waals surface area contributed by atoms with Gasteiger partial charge in [-0.1, -0.05) is 13.8 Å². The largest absolute Gasteiger partial charge is 0.356 e. The van der Waals surface area contributed by atoms with E-state index in [0.29, 0.717) is 12.0 Å². The van der Waals surface area contributed by atoms with Crippen molar-refractivity contribution in [1.29, 1.82) is 0 Å². The predicted octanol–water partition coefficient (Wildman–Crippen LogP) is 2.20. The lowest BCUT2D eigenvalue weighted by molar-refractivity contribution is 0.481. The zero-order chi connectivity index (χ0) is 13.5. The van der Waals surface area contributed by atoms with Gasteiger partial charge in [0.15, 0.2) is 5.96 Å². The number of guanidine groups is 1. The van der Waals surface area contributed by atoms with Crippen LogP contribution in [0.3, 0.4) is 0 Å². The van der Waals surface area contributed by atoms with Gasteiger partial charge >= 0.3 is 0 Å². The Hall–Kier alpha value is -1.10. The summed E-state index contributed by atoms with van der Waals surface area (Å²) in [4.78, 5) is 8.66. The molecule has 1 rings (SSSR count). The highest BCUT2D eigenvalue weighted by Crippen LogP contribution is 2.07. The molecule has 0 amide bonds. The topological polar surface area (TPSA) is 49.3 Å². The second kappa shape index (κ2) is 7.36. The molecule has 0 aliphatic rings. The third-order valence-corrected chi connectivity index (χ3v) is 3.75. The third-order valence-electron chi connectivity index (χ3n) is 2.93. The van der Waals surface area contributed by atoms with Crippen molar-refractivity contribution >= 4 is 17.3 Å². The maximum Gasteiger partial charge on any atom is 0.191 e. The van der Waals surface area contributed by atoms with Crippen molar-refractivity contribution in [3.8, 4) is 0 Å². The number of aromatic nitrogens is 1. The Bertz CT molecular complexity index is 384. The van der Waals surface area contributed by atoms with Gasteiger partial charge in [0, 0.05) is 31.4 Å². The lowest BCUT2D eigenvalue weighted by Gasteiger charge is -2.20. The fraction of sp³-hybridized carbons (Fsp3) is 0.692. The Balaban J connectivity index is 2.32. The Labute approximate surface area is 114 Å². The fourth-order valence-corrected chi connectivity index (χ4v) is 2.06. The summed E-state index contributed by atoms with van der Waals surface area (Å²) in [7, 11) is 1.80. The number of nitrogens with zero attached hydrogens (tertiary/aromatic N) is 2. The lowest BCUT2D eigenvalue weighted by atomic mass is 10.1. The molecular weight excluding hydrogens is 244 g/mol. The molecule has 0 saturated carbocycles. The van der Waals surface area contributed by atoms with E-state index in [-0.39, 0.29) is 0 Å². The highest BCUT2D eigenvalue weighted by Gasteiger charge is 2.08. The first kappa shape index (κ1) is 15.0. The van der Waals surface area contributed by atoms with Crippen LogP contribution in [0.15, 0.2) is 10.4 Å². The monoisotopic (exact) mass is 268 g/mol. The summed E-state index contributed by atoms with van der Waals surface area (Å²) in [6.45, 7) is 9.45. The maximum atomic E-state index is 4.44. The van der Waals surface area contributed by atoms with Gasteiger partial charge in [0.25, 0.3) is 0 Å². The molecule has 0 radical (unpaired) electrons. The molecule has 1 aromatic rings. The number of hydrogen-bond donors (Lipinski definition) is 2. The Morgan fingerprint density at radius 3 is 2.67 bits per heavy atom. The third kappa shape index (κ3) is 5.04. The van der Waals surface area contributed by atoms with Crippen LogP contribution in [-0.4, -0.2) is 30.6 Å². The normalized spacial score (nSPS) is 13.8. The van der Waals surface area contributed by atoms with Gasteiger partial charge in [-0.05, 0) is 19.8 Å². The molecule has 1 heterocycles. The van der Waals surface area contributed by atoms with Gasteiger partial charge in [0.1, 0.15) is 0 Å². The Morgan fingerprint density at radius 1 is 1.44 bits per heavy atom. The van der Waals surface area contributed by atoms with Crippen LogP contribution in [0.1, 0.15) is 31.5 Å². The van der Waals surface area contributed by atoms with E-state index in [1.807, 2.05) is 6.92 Å². The molecule has 0 aliphatic heterocycles. The molecule has 5 heteroatoms. The minimum absolute atomic E-state index is 0.415. The van der Waals surface area contributed by atoms with E-state index in [1.54, 1.807) is 18.4 Å². The zero-order valence-electron chi connectivity index (χ0n) is 11.9. The number of nitrogens with one attached hydrogen (secondary N) is 2. The van der Waals surface area contributed by atoms with Crippen LogP contribution in [0.2, 0.25) is 0 Å². The summed E-state index contributed by atoms with van der Waals surface area (Å²) in [5.41, 5.74) is 1.15. The van der Waals surface area contributed by atoms with Gasteiger partial charge < -0.3 is 10.6 Å². The minimum atomic E-state index is 0.415. The second-order valence-corrected chi connectivity index (χ2v) is 5.85. The van der Waals surface area contributed by atoms with Gasteiger partial charge in [-0.25, -0.2) is 4.98 Å². The predicted molar refractivity (Wildman–Crippen MR) is 79.4 cm³/mol. The molecule has 0 spiro atoms. The molecule has 0 aromatic carbocycles. The first-order valence-corrected chi connectivity index (χ1v) is 7.29. The first-order chi connectivity index (χ1) is 8.52. The summed E-state index contributed by atoms with van der Waals surface area (Å²) < 4.78 is 0. The van der Waals surface area contributed by atoms with E-state index >= 15 is 0 Å². The molecule has 1 unspecified atom stereocenters. The van der Waals surface area contributed by atoms with Crippen molar-refractivity contribution in [2.24, 2.45) is 10.9 Å². The van der Waals surface area contributed by atoms with E-state index in [1.165, 1.54) is 0 Å². The van der Waals surface area contributed by atoms with Crippen LogP contribution in [0, 0.1) is 12.8 Å².